The molecule has 1 heterocycles. The van der Waals surface area contributed by atoms with Crippen molar-refractivity contribution in [3.05, 3.63) is 27.1 Å². The lowest BCUT2D eigenvalue weighted by Gasteiger charge is -2.18. The van der Waals surface area contributed by atoms with Gasteiger partial charge in [-0.1, -0.05) is 11.3 Å². The highest BCUT2D eigenvalue weighted by atomic mass is 32.1. The highest BCUT2D eigenvalue weighted by Gasteiger charge is 2.19. The number of rotatable bonds is 5. The lowest BCUT2D eigenvalue weighted by atomic mass is 10.3. The van der Waals surface area contributed by atoms with E-state index in [4.69, 9.17) is 5.26 Å². The lowest BCUT2D eigenvalue weighted by molar-refractivity contribution is -0.380. The van der Waals surface area contributed by atoms with Crippen LogP contribution in [0.5, 0.6) is 0 Å². The SMILES string of the molecule is CCN(CCC#N)C(=O)c1ccc([N+](=O)[O-])s1. The summed E-state index contributed by atoms with van der Waals surface area (Å²) in [7, 11) is 0. The molecule has 0 saturated heterocycles. The van der Waals surface area contributed by atoms with Gasteiger partial charge in [-0.2, -0.15) is 5.26 Å². The molecule has 90 valence electrons. The van der Waals surface area contributed by atoms with Crippen molar-refractivity contribution >= 4 is 22.2 Å². The average molecular weight is 253 g/mol. The van der Waals surface area contributed by atoms with E-state index in [1.165, 1.54) is 17.0 Å². The van der Waals surface area contributed by atoms with Gasteiger partial charge in [0.1, 0.15) is 0 Å². The van der Waals surface area contributed by atoms with Crippen LogP contribution in [0.25, 0.3) is 0 Å². The van der Waals surface area contributed by atoms with Gasteiger partial charge in [0.05, 0.1) is 22.3 Å². The first-order chi connectivity index (χ1) is 8.10. The Kier molecular flexibility index (Phi) is 4.60. The zero-order chi connectivity index (χ0) is 12.8. The molecule has 0 fully saturated rings. The predicted molar refractivity (Wildman–Crippen MR) is 62.8 cm³/mol. The Labute approximate surface area is 102 Å². The fraction of sp³-hybridized carbons (Fsp3) is 0.400. The van der Waals surface area contributed by atoms with Crippen LogP contribution in [0.4, 0.5) is 5.00 Å². The number of hydrogen-bond acceptors (Lipinski definition) is 5. The van der Waals surface area contributed by atoms with E-state index in [9.17, 15) is 14.9 Å². The summed E-state index contributed by atoms with van der Waals surface area (Å²) in [6.07, 6.45) is 0.257. The largest absolute Gasteiger partial charge is 0.337 e. The topological polar surface area (TPSA) is 87.2 Å². The van der Waals surface area contributed by atoms with E-state index in [-0.39, 0.29) is 17.3 Å². The molecule has 7 heteroatoms. The van der Waals surface area contributed by atoms with Gasteiger partial charge in [0, 0.05) is 19.2 Å². The van der Waals surface area contributed by atoms with E-state index in [0.717, 1.165) is 11.3 Å². The Morgan fingerprint density at radius 1 is 1.65 bits per heavy atom. The van der Waals surface area contributed by atoms with Gasteiger partial charge in [0.25, 0.3) is 5.91 Å². The van der Waals surface area contributed by atoms with Crippen molar-refractivity contribution in [2.45, 2.75) is 13.3 Å². The summed E-state index contributed by atoms with van der Waals surface area (Å²) < 4.78 is 0. The second-order valence-electron chi connectivity index (χ2n) is 3.19. The van der Waals surface area contributed by atoms with Gasteiger partial charge < -0.3 is 4.90 Å². The number of hydrogen-bond donors (Lipinski definition) is 0. The number of nitrogens with zero attached hydrogens (tertiary/aromatic N) is 3. The molecule has 0 aliphatic rings. The smallest absolute Gasteiger partial charge is 0.324 e. The van der Waals surface area contributed by atoms with Crippen LogP contribution in [-0.2, 0) is 0 Å². The second kappa shape index (κ2) is 5.96. The first-order valence-corrected chi connectivity index (χ1v) is 5.82. The van der Waals surface area contributed by atoms with Gasteiger partial charge in [-0.15, -0.1) is 0 Å². The minimum absolute atomic E-state index is 0.0512. The Morgan fingerprint density at radius 2 is 2.35 bits per heavy atom. The van der Waals surface area contributed by atoms with Gasteiger partial charge in [-0.05, 0) is 13.0 Å². The van der Waals surface area contributed by atoms with Gasteiger partial charge >= 0.3 is 5.00 Å². The Bertz CT molecular complexity index is 464. The fourth-order valence-corrected chi connectivity index (χ4v) is 2.07. The van der Waals surface area contributed by atoms with Crippen molar-refractivity contribution in [3.63, 3.8) is 0 Å². The molecule has 1 amide bonds. The van der Waals surface area contributed by atoms with Crippen LogP contribution in [0.1, 0.15) is 23.0 Å². The summed E-state index contributed by atoms with van der Waals surface area (Å²) in [6.45, 7) is 2.63. The average Bonchev–Trinajstić information content (AvgIpc) is 2.79. The van der Waals surface area contributed by atoms with Gasteiger partial charge in [-0.25, -0.2) is 0 Å². The molecule has 0 saturated carbocycles. The molecule has 0 radical (unpaired) electrons. The monoisotopic (exact) mass is 253 g/mol. The van der Waals surface area contributed by atoms with Crippen LogP contribution in [-0.4, -0.2) is 28.8 Å². The van der Waals surface area contributed by atoms with Crippen LogP contribution >= 0.6 is 11.3 Å². The third-order valence-corrected chi connectivity index (χ3v) is 3.17. The summed E-state index contributed by atoms with van der Waals surface area (Å²) >= 11 is 0.853. The molecule has 0 bridgehead atoms. The maximum Gasteiger partial charge on any atom is 0.324 e. The molecule has 0 aromatic carbocycles. The van der Waals surface area contributed by atoms with Gasteiger partial charge in [0.15, 0.2) is 0 Å². The van der Waals surface area contributed by atoms with Crippen LogP contribution in [0, 0.1) is 21.4 Å². The van der Waals surface area contributed by atoms with E-state index in [1.807, 2.05) is 6.07 Å². The van der Waals surface area contributed by atoms with E-state index in [2.05, 4.69) is 0 Å². The molecular weight excluding hydrogens is 242 g/mol. The third kappa shape index (κ3) is 3.26. The number of carbonyl (C=O) groups is 1. The molecule has 0 unspecified atom stereocenters. The van der Waals surface area contributed by atoms with Crippen molar-refractivity contribution in [2.24, 2.45) is 0 Å². The maximum absolute atomic E-state index is 11.9. The van der Waals surface area contributed by atoms with Crippen LogP contribution < -0.4 is 0 Å². The summed E-state index contributed by atoms with van der Waals surface area (Å²) in [5, 5.41) is 18.9. The Morgan fingerprint density at radius 3 is 2.82 bits per heavy atom. The maximum atomic E-state index is 11.9. The first-order valence-electron chi connectivity index (χ1n) is 5.00. The van der Waals surface area contributed by atoms with Crippen molar-refractivity contribution in [1.29, 1.82) is 5.26 Å². The Balaban J connectivity index is 2.79. The molecule has 1 aromatic rings. The highest BCUT2D eigenvalue weighted by Crippen LogP contribution is 2.25. The van der Waals surface area contributed by atoms with E-state index >= 15 is 0 Å². The van der Waals surface area contributed by atoms with Crippen molar-refractivity contribution < 1.29 is 9.72 Å². The molecule has 1 aromatic heterocycles. The lowest BCUT2D eigenvalue weighted by Crippen LogP contribution is -2.31. The van der Waals surface area contributed by atoms with Crippen LogP contribution in [0.2, 0.25) is 0 Å². The van der Waals surface area contributed by atoms with Gasteiger partial charge in [-0.3, -0.25) is 14.9 Å². The molecule has 0 spiro atoms. The van der Waals surface area contributed by atoms with Gasteiger partial charge in [0.2, 0.25) is 0 Å². The number of carbonyl (C=O) groups excluding carboxylic acids is 1. The van der Waals surface area contributed by atoms with Crippen molar-refractivity contribution in [3.8, 4) is 6.07 Å². The highest BCUT2D eigenvalue weighted by molar-refractivity contribution is 7.17. The number of nitriles is 1. The predicted octanol–water partition coefficient (Wildman–Crippen LogP) is 2.03. The number of thiophene rings is 1. The molecule has 6 nitrogen and oxygen atoms in total. The summed E-state index contributed by atoms with van der Waals surface area (Å²) in [5.74, 6) is -0.263. The normalized spacial score (nSPS) is 9.65. The van der Waals surface area contributed by atoms with Crippen LogP contribution in [0.3, 0.4) is 0 Å². The van der Waals surface area contributed by atoms with Crippen LogP contribution in [0.15, 0.2) is 12.1 Å². The Hall–Kier alpha value is -1.94. The molecular formula is C10H11N3O3S. The summed E-state index contributed by atoms with van der Waals surface area (Å²) in [5.41, 5.74) is 0. The molecule has 0 N–H and O–H groups in total. The molecule has 0 aliphatic heterocycles. The third-order valence-electron chi connectivity index (χ3n) is 2.14. The van der Waals surface area contributed by atoms with E-state index in [1.54, 1.807) is 6.92 Å². The first kappa shape index (κ1) is 13.1. The number of amides is 1. The zero-order valence-electron chi connectivity index (χ0n) is 9.25. The van der Waals surface area contributed by atoms with E-state index in [0.29, 0.717) is 18.0 Å². The second-order valence-corrected chi connectivity index (χ2v) is 4.25. The van der Waals surface area contributed by atoms with Crippen molar-refractivity contribution in [2.75, 3.05) is 13.1 Å². The standard InChI is InChI=1S/C10H11N3O3S/c1-2-12(7-3-6-11)10(14)8-4-5-9(17-8)13(15)16/h4-5H,2-3,7H2,1H3. The summed E-state index contributed by atoms with van der Waals surface area (Å²) in [4.78, 5) is 23.7. The molecule has 1 rings (SSSR count). The van der Waals surface area contributed by atoms with E-state index < -0.39 is 4.92 Å². The fourth-order valence-electron chi connectivity index (χ4n) is 1.28. The van der Waals surface area contributed by atoms with Crippen molar-refractivity contribution in [1.82, 2.24) is 4.90 Å². The molecule has 0 atom stereocenters. The molecule has 17 heavy (non-hydrogen) atoms. The number of nitro groups is 1. The molecule has 0 aliphatic carbocycles. The minimum atomic E-state index is -0.521. The zero-order valence-corrected chi connectivity index (χ0v) is 10.1. The minimum Gasteiger partial charge on any atom is -0.337 e. The quantitative estimate of drug-likeness (QED) is 0.593. The summed E-state index contributed by atoms with van der Waals surface area (Å²) in [6, 6.07) is 4.72.